The molecule has 0 saturated heterocycles. The topological polar surface area (TPSA) is 29.5 Å². The van der Waals surface area contributed by atoms with Crippen LogP contribution >= 0.6 is 23.4 Å². The molecule has 1 aromatic rings. The molecular weight excluding hydrogens is 306 g/mol. The summed E-state index contributed by atoms with van der Waals surface area (Å²) in [4.78, 5) is 14.0. The van der Waals surface area contributed by atoms with Crippen LogP contribution in [0.25, 0.3) is 0 Å². The van der Waals surface area contributed by atoms with Gasteiger partial charge in [-0.1, -0.05) is 25.4 Å². The second-order valence-electron chi connectivity index (χ2n) is 4.79. The predicted molar refractivity (Wildman–Crippen MR) is 93.5 cm³/mol. The van der Waals surface area contributed by atoms with Gasteiger partial charge in [-0.15, -0.1) is 0 Å². The van der Waals surface area contributed by atoms with Crippen molar-refractivity contribution in [3.63, 3.8) is 0 Å². The van der Waals surface area contributed by atoms with Crippen LogP contribution in [-0.4, -0.2) is 42.0 Å². The maximum Gasteiger partial charge on any atom is 0.265 e. The van der Waals surface area contributed by atoms with E-state index in [2.05, 4.69) is 0 Å². The van der Waals surface area contributed by atoms with Crippen molar-refractivity contribution in [1.82, 2.24) is 4.90 Å². The SMILES string of the molecule is CC.CSCCN(C)C(=O)C(C)(C)Oc1ccc(Cl)cc1. The van der Waals surface area contributed by atoms with Crippen LogP contribution in [0.2, 0.25) is 5.02 Å². The molecule has 0 spiro atoms. The number of halogens is 1. The number of nitrogens with zero attached hydrogens (tertiary/aromatic N) is 1. The highest BCUT2D eigenvalue weighted by molar-refractivity contribution is 7.98. The zero-order valence-electron chi connectivity index (χ0n) is 13.8. The number of hydrogen-bond acceptors (Lipinski definition) is 3. The molecule has 1 aromatic carbocycles. The summed E-state index contributed by atoms with van der Waals surface area (Å²) >= 11 is 7.53. The minimum absolute atomic E-state index is 0.0310. The third kappa shape index (κ3) is 7.09. The zero-order chi connectivity index (χ0) is 16.5. The van der Waals surface area contributed by atoms with Gasteiger partial charge in [-0.25, -0.2) is 0 Å². The predicted octanol–water partition coefficient (Wildman–Crippen LogP) is 4.35. The molecule has 5 heteroatoms. The van der Waals surface area contributed by atoms with Gasteiger partial charge in [0.15, 0.2) is 5.60 Å². The van der Waals surface area contributed by atoms with Crippen LogP contribution in [0, 0.1) is 0 Å². The van der Waals surface area contributed by atoms with E-state index >= 15 is 0 Å². The number of amides is 1. The van der Waals surface area contributed by atoms with Gasteiger partial charge in [-0.05, 0) is 44.4 Å². The summed E-state index contributed by atoms with van der Waals surface area (Å²) in [7, 11) is 1.80. The van der Waals surface area contributed by atoms with Gasteiger partial charge < -0.3 is 9.64 Å². The molecule has 0 fully saturated rings. The Kier molecular flexibility index (Phi) is 9.54. The molecule has 0 aromatic heterocycles. The van der Waals surface area contributed by atoms with Crippen molar-refractivity contribution >= 4 is 29.3 Å². The molecule has 0 bridgehead atoms. The Morgan fingerprint density at radius 3 is 2.29 bits per heavy atom. The van der Waals surface area contributed by atoms with Crippen LogP contribution in [0.1, 0.15) is 27.7 Å². The first kappa shape index (κ1) is 20.1. The van der Waals surface area contributed by atoms with Crippen LogP contribution < -0.4 is 4.74 Å². The molecule has 120 valence electrons. The second kappa shape index (κ2) is 9.96. The lowest BCUT2D eigenvalue weighted by molar-refractivity contribution is -0.143. The van der Waals surface area contributed by atoms with Crippen LogP contribution in [0.5, 0.6) is 5.75 Å². The van der Waals surface area contributed by atoms with Gasteiger partial charge >= 0.3 is 0 Å². The number of rotatable bonds is 6. The van der Waals surface area contributed by atoms with E-state index in [4.69, 9.17) is 16.3 Å². The number of hydrogen-bond donors (Lipinski definition) is 0. The number of carbonyl (C=O) groups excluding carboxylic acids is 1. The van der Waals surface area contributed by atoms with E-state index in [9.17, 15) is 4.79 Å². The van der Waals surface area contributed by atoms with Crippen molar-refractivity contribution in [3.8, 4) is 5.75 Å². The highest BCUT2D eigenvalue weighted by Gasteiger charge is 2.32. The van der Waals surface area contributed by atoms with E-state index in [1.165, 1.54) is 0 Å². The zero-order valence-corrected chi connectivity index (χ0v) is 15.3. The highest BCUT2D eigenvalue weighted by atomic mass is 35.5. The van der Waals surface area contributed by atoms with Crippen LogP contribution in [-0.2, 0) is 4.79 Å². The van der Waals surface area contributed by atoms with Gasteiger partial charge in [0.2, 0.25) is 0 Å². The minimum atomic E-state index is -0.888. The molecule has 0 saturated carbocycles. The lowest BCUT2D eigenvalue weighted by Gasteiger charge is -2.30. The number of likely N-dealkylation sites (N-methyl/N-ethyl adjacent to an activating group) is 1. The van der Waals surface area contributed by atoms with Crippen molar-refractivity contribution in [2.45, 2.75) is 33.3 Å². The van der Waals surface area contributed by atoms with Crippen molar-refractivity contribution in [1.29, 1.82) is 0 Å². The average molecular weight is 332 g/mol. The van der Waals surface area contributed by atoms with Crippen LogP contribution in [0.3, 0.4) is 0 Å². The summed E-state index contributed by atoms with van der Waals surface area (Å²) in [5, 5.41) is 0.647. The molecule has 0 radical (unpaired) electrons. The van der Waals surface area contributed by atoms with E-state index in [1.54, 1.807) is 61.8 Å². The van der Waals surface area contributed by atoms with E-state index in [-0.39, 0.29) is 5.91 Å². The van der Waals surface area contributed by atoms with Crippen molar-refractivity contribution < 1.29 is 9.53 Å². The van der Waals surface area contributed by atoms with Gasteiger partial charge in [0, 0.05) is 24.4 Å². The Balaban J connectivity index is 0.00000191. The molecule has 0 aliphatic carbocycles. The Hall–Kier alpha value is -0.870. The summed E-state index contributed by atoms with van der Waals surface area (Å²) in [5.41, 5.74) is -0.888. The number of thioether (sulfide) groups is 1. The van der Waals surface area contributed by atoms with E-state index < -0.39 is 5.60 Å². The Bertz CT molecular complexity index is 421. The third-order valence-corrected chi connectivity index (χ3v) is 3.52. The summed E-state index contributed by atoms with van der Waals surface area (Å²) in [6, 6.07) is 7.02. The summed E-state index contributed by atoms with van der Waals surface area (Å²) in [6.45, 7) is 8.27. The smallest absolute Gasteiger partial charge is 0.265 e. The molecule has 0 heterocycles. The quantitative estimate of drug-likeness (QED) is 0.776. The molecule has 1 rings (SSSR count). The normalized spacial score (nSPS) is 10.4. The molecule has 1 amide bonds. The fourth-order valence-corrected chi connectivity index (χ4v) is 2.21. The molecule has 0 unspecified atom stereocenters. The molecule has 21 heavy (non-hydrogen) atoms. The van der Waals surface area contributed by atoms with E-state index in [0.717, 1.165) is 5.75 Å². The first-order chi connectivity index (χ1) is 9.86. The fourth-order valence-electron chi connectivity index (χ4n) is 1.63. The fraction of sp³-hybridized carbons (Fsp3) is 0.562. The first-order valence-electron chi connectivity index (χ1n) is 7.06. The monoisotopic (exact) mass is 331 g/mol. The first-order valence-corrected chi connectivity index (χ1v) is 8.83. The van der Waals surface area contributed by atoms with Gasteiger partial charge in [0.1, 0.15) is 5.75 Å². The minimum Gasteiger partial charge on any atom is -0.478 e. The Morgan fingerprint density at radius 2 is 1.81 bits per heavy atom. The van der Waals surface area contributed by atoms with Gasteiger partial charge in [0.25, 0.3) is 5.91 Å². The lowest BCUT2D eigenvalue weighted by atomic mass is 10.1. The Morgan fingerprint density at radius 1 is 1.29 bits per heavy atom. The van der Waals surface area contributed by atoms with Gasteiger partial charge in [-0.2, -0.15) is 11.8 Å². The molecule has 0 atom stereocenters. The summed E-state index contributed by atoms with van der Waals surface area (Å²) < 4.78 is 5.76. The van der Waals surface area contributed by atoms with Crippen molar-refractivity contribution in [2.75, 3.05) is 25.6 Å². The standard InChI is InChI=1S/C14H20ClNO2S.C2H6/c1-14(2,13(17)16(3)9-10-19-4)18-12-7-5-11(15)6-8-12;1-2/h5-8H,9-10H2,1-4H3;1-2H3. The van der Waals surface area contributed by atoms with Crippen molar-refractivity contribution in [2.24, 2.45) is 0 Å². The Labute approximate surface area is 138 Å². The average Bonchev–Trinajstić information content (AvgIpc) is 2.48. The number of ether oxygens (including phenoxy) is 1. The van der Waals surface area contributed by atoms with Crippen molar-refractivity contribution in [3.05, 3.63) is 29.3 Å². The van der Waals surface area contributed by atoms with E-state index in [1.807, 2.05) is 20.1 Å². The van der Waals surface area contributed by atoms with E-state index in [0.29, 0.717) is 17.3 Å². The molecular formula is C16H26ClNO2S. The maximum atomic E-state index is 12.3. The summed E-state index contributed by atoms with van der Waals surface area (Å²) in [6.07, 6.45) is 2.02. The summed E-state index contributed by atoms with van der Waals surface area (Å²) in [5.74, 6) is 1.52. The van der Waals surface area contributed by atoms with Gasteiger partial charge in [-0.3, -0.25) is 4.79 Å². The molecule has 3 nitrogen and oxygen atoms in total. The highest BCUT2D eigenvalue weighted by Crippen LogP contribution is 2.22. The number of carbonyl (C=O) groups is 1. The van der Waals surface area contributed by atoms with Crippen LogP contribution in [0.4, 0.5) is 0 Å². The molecule has 0 aliphatic heterocycles. The molecule has 0 aliphatic rings. The maximum absolute atomic E-state index is 12.3. The third-order valence-electron chi connectivity index (χ3n) is 2.68. The largest absolute Gasteiger partial charge is 0.478 e. The van der Waals surface area contributed by atoms with Crippen LogP contribution in [0.15, 0.2) is 24.3 Å². The number of benzene rings is 1. The lowest BCUT2D eigenvalue weighted by Crippen LogP contribution is -2.47. The van der Waals surface area contributed by atoms with Gasteiger partial charge in [0.05, 0.1) is 0 Å². The second-order valence-corrected chi connectivity index (χ2v) is 6.21. The molecule has 0 N–H and O–H groups in total.